The fraction of sp³-hybridized carbons (Fsp3) is 0.417. The minimum Gasteiger partial charge on any atom is -0.354 e. The minimum absolute atomic E-state index is 0.0548. The van der Waals surface area contributed by atoms with Gasteiger partial charge in [0.1, 0.15) is 5.69 Å². The first-order valence-electron chi connectivity index (χ1n) is 6.31. The zero-order chi connectivity index (χ0) is 14.7. The summed E-state index contributed by atoms with van der Waals surface area (Å²) in [5, 5.41) is 15.5. The van der Waals surface area contributed by atoms with Crippen LogP contribution in [0.25, 0.3) is 0 Å². The third-order valence-electron chi connectivity index (χ3n) is 2.94. The highest BCUT2D eigenvalue weighted by atomic mass is 16.2. The molecule has 0 aliphatic heterocycles. The lowest BCUT2D eigenvalue weighted by Gasteiger charge is -2.04. The highest BCUT2D eigenvalue weighted by Crippen LogP contribution is 2.22. The maximum atomic E-state index is 12.2. The molecule has 0 fully saturated rings. The Morgan fingerprint density at radius 3 is 2.65 bits per heavy atom. The average Bonchev–Trinajstić information content (AvgIpc) is 2.97. The van der Waals surface area contributed by atoms with Crippen LogP contribution in [0.15, 0.2) is 0 Å². The zero-order valence-corrected chi connectivity index (χ0v) is 11.6. The number of H-pyrrole nitrogens is 2. The smallest absolute Gasteiger partial charge is 0.274 e. The van der Waals surface area contributed by atoms with Gasteiger partial charge in [0.15, 0.2) is 5.78 Å². The van der Waals surface area contributed by atoms with Crippen LogP contribution >= 0.6 is 0 Å². The third kappa shape index (κ3) is 2.58. The lowest BCUT2D eigenvalue weighted by Crippen LogP contribution is -2.16. The Morgan fingerprint density at radius 2 is 2.10 bits per heavy atom. The lowest BCUT2D eigenvalue weighted by molar-refractivity contribution is 0.101. The number of carbonyl (C=O) groups is 2. The van der Waals surface area contributed by atoms with Crippen LogP contribution in [-0.2, 0) is 6.42 Å². The summed E-state index contributed by atoms with van der Waals surface area (Å²) in [6.07, 6.45) is 1.48. The number of amides is 1. The molecule has 0 atom stereocenters. The first-order chi connectivity index (χ1) is 9.54. The van der Waals surface area contributed by atoms with Crippen LogP contribution < -0.4 is 5.32 Å². The molecule has 3 N–H and O–H groups in total. The van der Waals surface area contributed by atoms with Crippen molar-refractivity contribution < 1.29 is 9.59 Å². The van der Waals surface area contributed by atoms with Crippen LogP contribution in [0.1, 0.15) is 52.4 Å². The van der Waals surface area contributed by atoms with Crippen molar-refractivity contribution in [3.8, 4) is 0 Å². The molecule has 0 aliphatic carbocycles. The van der Waals surface area contributed by atoms with E-state index in [9.17, 15) is 9.59 Å². The predicted molar refractivity (Wildman–Crippen MR) is 71.7 cm³/mol. The number of nitrogens with one attached hydrogen (secondary N) is 3. The van der Waals surface area contributed by atoms with E-state index < -0.39 is 0 Å². The minimum atomic E-state index is -0.384. The summed E-state index contributed by atoms with van der Waals surface area (Å²) in [5.74, 6) is -0.347. The van der Waals surface area contributed by atoms with Gasteiger partial charge in [-0.2, -0.15) is 5.21 Å². The Morgan fingerprint density at radius 1 is 1.35 bits per heavy atom. The van der Waals surface area contributed by atoms with Gasteiger partial charge in [-0.25, -0.2) is 0 Å². The number of Topliss-reactive ketones (excluding diaryl/α,β-unsaturated/α-hetero) is 1. The van der Waals surface area contributed by atoms with Crippen molar-refractivity contribution in [1.82, 2.24) is 25.6 Å². The number of nitrogens with zero attached hydrogens (tertiary/aromatic N) is 3. The number of carbonyl (C=O) groups excluding carboxylic acids is 2. The number of hydrogen-bond acceptors (Lipinski definition) is 5. The van der Waals surface area contributed by atoms with E-state index in [0.717, 1.165) is 12.0 Å². The number of tetrazole rings is 1. The first kappa shape index (κ1) is 13.9. The summed E-state index contributed by atoms with van der Waals surface area (Å²) in [5.41, 5.74) is 2.39. The van der Waals surface area contributed by atoms with Crippen molar-refractivity contribution in [3.05, 3.63) is 22.5 Å². The van der Waals surface area contributed by atoms with Crippen molar-refractivity contribution in [2.24, 2.45) is 0 Å². The molecule has 2 aromatic rings. The van der Waals surface area contributed by atoms with Crippen LogP contribution in [0.3, 0.4) is 0 Å². The number of hydrogen-bond donors (Lipinski definition) is 3. The molecule has 0 saturated carbocycles. The third-order valence-corrected chi connectivity index (χ3v) is 2.94. The van der Waals surface area contributed by atoms with Gasteiger partial charge in [-0.1, -0.05) is 18.4 Å². The number of ketones is 1. The average molecular weight is 276 g/mol. The quantitative estimate of drug-likeness (QED) is 0.710. The van der Waals surface area contributed by atoms with E-state index in [1.807, 2.05) is 6.92 Å². The van der Waals surface area contributed by atoms with E-state index in [1.165, 1.54) is 6.92 Å². The van der Waals surface area contributed by atoms with Crippen molar-refractivity contribution in [1.29, 1.82) is 0 Å². The maximum Gasteiger partial charge on any atom is 0.274 e. The number of anilines is 1. The lowest BCUT2D eigenvalue weighted by atomic mass is 10.0. The number of aromatic amines is 2. The van der Waals surface area contributed by atoms with Crippen LogP contribution in [0.4, 0.5) is 5.95 Å². The predicted octanol–water partition coefficient (Wildman–Crippen LogP) is 1.24. The largest absolute Gasteiger partial charge is 0.354 e. The van der Waals surface area contributed by atoms with Crippen molar-refractivity contribution in [3.63, 3.8) is 0 Å². The van der Waals surface area contributed by atoms with Gasteiger partial charge < -0.3 is 4.98 Å². The second-order valence-electron chi connectivity index (χ2n) is 4.47. The van der Waals surface area contributed by atoms with Crippen LogP contribution in [0.5, 0.6) is 0 Å². The molecule has 0 saturated heterocycles. The highest BCUT2D eigenvalue weighted by molar-refractivity contribution is 6.07. The topological polar surface area (TPSA) is 116 Å². The number of rotatable bonds is 5. The molecule has 0 unspecified atom stereocenters. The molecule has 0 spiro atoms. The summed E-state index contributed by atoms with van der Waals surface area (Å²) >= 11 is 0. The molecular formula is C12H16N6O2. The molecular weight excluding hydrogens is 260 g/mol. The van der Waals surface area contributed by atoms with E-state index in [1.54, 1.807) is 6.92 Å². The Bertz CT molecular complexity index is 629. The molecule has 2 aromatic heterocycles. The van der Waals surface area contributed by atoms with Crippen LogP contribution in [-0.4, -0.2) is 37.3 Å². The Hall–Kier alpha value is -2.51. The van der Waals surface area contributed by atoms with Gasteiger partial charge >= 0.3 is 0 Å². The van der Waals surface area contributed by atoms with E-state index in [4.69, 9.17) is 0 Å². The summed E-state index contributed by atoms with van der Waals surface area (Å²) in [6, 6.07) is 0. The zero-order valence-electron chi connectivity index (χ0n) is 11.6. The SMILES string of the molecule is CCCc1c(C(=O)Nc2nn[nH]n2)[nH]c(C)c1C(C)=O. The van der Waals surface area contributed by atoms with Crippen LogP contribution in [0.2, 0.25) is 0 Å². The molecule has 0 aliphatic rings. The van der Waals surface area contributed by atoms with Crippen molar-refractivity contribution in [2.45, 2.75) is 33.6 Å². The Kier molecular flexibility index (Phi) is 3.92. The monoisotopic (exact) mass is 276 g/mol. The van der Waals surface area contributed by atoms with Crippen LogP contribution in [0, 0.1) is 6.92 Å². The molecule has 20 heavy (non-hydrogen) atoms. The van der Waals surface area contributed by atoms with Gasteiger partial charge in [-0.05, 0) is 31.0 Å². The fourth-order valence-electron chi connectivity index (χ4n) is 2.23. The molecule has 8 heteroatoms. The van der Waals surface area contributed by atoms with E-state index in [-0.39, 0.29) is 17.6 Å². The number of aromatic nitrogens is 5. The molecule has 0 bridgehead atoms. The summed E-state index contributed by atoms with van der Waals surface area (Å²) in [6.45, 7) is 5.27. The normalized spacial score (nSPS) is 10.6. The van der Waals surface area contributed by atoms with Gasteiger partial charge in [-0.15, -0.1) is 5.10 Å². The Labute approximate surface area is 115 Å². The van der Waals surface area contributed by atoms with E-state index >= 15 is 0 Å². The second kappa shape index (κ2) is 5.64. The second-order valence-corrected chi connectivity index (χ2v) is 4.47. The Balaban J connectivity index is 2.37. The molecule has 0 radical (unpaired) electrons. The van der Waals surface area contributed by atoms with E-state index in [2.05, 4.69) is 30.9 Å². The summed E-state index contributed by atoms with van der Waals surface area (Å²) in [4.78, 5) is 26.9. The highest BCUT2D eigenvalue weighted by Gasteiger charge is 2.22. The summed E-state index contributed by atoms with van der Waals surface area (Å²) in [7, 11) is 0. The summed E-state index contributed by atoms with van der Waals surface area (Å²) < 4.78 is 0. The molecule has 2 rings (SSSR count). The van der Waals surface area contributed by atoms with Crippen molar-refractivity contribution >= 4 is 17.6 Å². The molecule has 2 heterocycles. The number of aryl methyl sites for hydroxylation is 1. The molecule has 0 aromatic carbocycles. The molecule has 1 amide bonds. The van der Waals surface area contributed by atoms with Gasteiger partial charge in [0.2, 0.25) is 0 Å². The van der Waals surface area contributed by atoms with Gasteiger partial charge in [0.25, 0.3) is 11.9 Å². The standard InChI is InChI=1S/C12H16N6O2/c1-4-5-8-9(7(3)19)6(2)13-10(8)11(20)14-12-15-17-18-16-12/h13H,4-5H2,1-3H3,(H2,14,15,16,17,18,20). The van der Waals surface area contributed by atoms with Gasteiger partial charge in [-0.3, -0.25) is 14.9 Å². The van der Waals surface area contributed by atoms with Gasteiger partial charge in [0.05, 0.1) is 0 Å². The van der Waals surface area contributed by atoms with Crippen molar-refractivity contribution in [2.75, 3.05) is 5.32 Å². The molecule has 8 nitrogen and oxygen atoms in total. The maximum absolute atomic E-state index is 12.2. The fourth-order valence-corrected chi connectivity index (χ4v) is 2.23. The first-order valence-corrected chi connectivity index (χ1v) is 6.31. The van der Waals surface area contributed by atoms with E-state index in [0.29, 0.717) is 23.4 Å². The molecule has 106 valence electrons. The van der Waals surface area contributed by atoms with Gasteiger partial charge in [0, 0.05) is 11.3 Å².